The number of hydrogen-bond acceptors (Lipinski definition) is 12. The van der Waals surface area contributed by atoms with E-state index in [4.69, 9.17) is 14.7 Å². The lowest BCUT2D eigenvalue weighted by atomic mass is 10.1. The molecule has 0 bridgehead atoms. The van der Waals surface area contributed by atoms with E-state index < -0.39 is 19.7 Å². The Labute approximate surface area is 285 Å². The van der Waals surface area contributed by atoms with Crippen molar-refractivity contribution in [3.8, 4) is 16.9 Å². The lowest BCUT2D eigenvalue weighted by Crippen LogP contribution is -2.09. The fraction of sp³-hybridized carbons (Fsp3) is 0.143. The Morgan fingerprint density at radius 1 is 0.653 bits per heavy atom. The molecule has 0 spiro atoms. The molecule has 14 heteroatoms. The molecule has 0 atom stereocenters. The molecule has 1 heterocycles. The van der Waals surface area contributed by atoms with Gasteiger partial charge in [-0.3, -0.25) is 10.9 Å². The van der Waals surface area contributed by atoms with Gasteiger partial charge in [-0.05, 0) is 79.1 Å². The molecule has 12 nitrogen and oxygen atoms in total. The van der Waals surface area contributed by atoms with Crippen LogP contribution in [0.3, 0.4) is 0 Å². The van der Waals surface area contributed by atoms with Crippen LogP contribution in [0.5, 0.6) is 5.75 Å². The van der Waals surface area contributed by atoms with Crippen molar-refractivity contribution < 1.29 is 21.6 Å². The number of aromatic nitrogens is 2. The van der Waals surface area contributed by atoms with Crippen LogP contribution in [0.2, 0.25) is 0 Å². The molecule has 0 aliphatic heterocycles. The van der Waals surface area contributed by atoms with Crippen molar-refractivity contribution in [2.45, 2.75) is 23.6 Å². The number of benzene rings is 4. The molecule has 5 rings (SSSR count). The summed E-state index contributed by atoms with van der Waals surface area (Å²) in [5.74, 6) is 1.53. The van der Waals surface area contributed by atoms with Crippen molar-refractivity contribution in [2.24, 2.45) is 10.2 Å². The summed E-state index contributed by atoms with van der Waals surface area (Å²) in [6.07, 6.45) is 2.32. The second-order valence-corrected chi connectivity index (χ2v) is 15.1. The van der Waals surface area contributed by atoms with Crippen molar-refractivity contribution in [3.05, 3.63) is 114 Å². The number of nitrogens with zero attached hydrogens (tertiary/aromatic N) is 4. The maximum absolute atomic E-state index is 12.0. The molecule has 0 saturated carbocycles. The first-order valence-corrected chi connectivity index (χ1v) is 18.7. The Morgan fingerprint density at radius 3 is 1.59 bits per heavy atom. The average Bonchev–Trinajstić information content (AvgIpc) is 3.09. The lowest BCUT2D eigenvalue weighted by Gasteiger charge is -2.17. The first-order chi connectivity index (χ1) is 23.3. The summed E-state index contributed by atoms with van der Waals surface area (Å²) in [6.45, 7) is 3.58. The number of anilines is 4. The molecule has 49 heavy (non-hydrogen) atoms. The first-order valence-electron chi connectivity index (χ1n) is 14.9. The van der Waals surface area contributed by atoms with Crippen molar-refractivity contribution in [2.75, 3.05) is 35.8 Å². The number of sulfone groups is 2. The maximum Gasteiger partial charge on any atom is 0.231 e. The molecule has 5 aromatic rings. The van der Waals surface area contributed by atoms with Gasteiger partial charge in [-0.2, -0.15) is 20.2 Å². The zero-order chi connectivity index (χ0) is 35.2. The summed E-state index contributed by atoms with van der Waals surface area (Å²) >= 11 is 0. The predicted molar refractivity (Wildman–Crippen MR) is 195 cm³/mol. The van der Waals surface area contributed by atoms with Crippen LogP contribution in [0.1, 0.15) is 25.0 Å². The average molecular weight is 698 g/mol. The first kappa shape index (κ1) is 34.7. The molecule has 0 fully saturated rings. The Kier molecular flexibility index (Phi) is 10.4. The van der Waals surface area contributed by atoms with E-state index in [1.54, 1.807) is 45.2 Å². The van der Waals surface area contributed by atoms with Crippen LogP contribution in [0.25, 0.3) is 11.1 Å². The van der Waals surface area contributed by atoms with E-state index in [1.165, 1.54) is 24.3 Å². The van der Waals surface area contributed by atoms with Gasteiger partial charge in [-0.25, -0.2) is 16.8 Å². The number of rotatable bonds is 12. The van der Waals surface area contributed by atoms with Gasteiger partial charge in [0.2, 0.25) is 5.95 Å². The summed E-state index contributed by atoms with van der Waals surface area (Å²) in [4.78, 5) is 9.99. The van der Waals surface area contributed by atoms with Gasteiger partial charge in [0, 0.05) is 18.2 Å². The molecule has 1 aromatic heterocycles. The van der Waals surface area contributed by atoms with E-state index in [0.29, 0.717) is 51.1 Å². The Balaban J connectivity index is 1.60. The standard InChI is InChI=1S/C35H35N7O5S2/c1-23(25-14-18-30(19-15-25)48(4,43)44)39-41-33-32(27-10-9-13-29(22-27)47-3)34(38-35(37-33)36-28-11-7-6-8-12-28)42-40-24(2)26-16-20-31(21-17-26)49(5,45)46/h6-22H,1-5H3,(H3,36,37,38,41,42). The van der Waals surface area contributed by atoms with E-state index >= 15 is 0 Å². The fourth-order valence-electron chi connectivity index (χ4n) is 4.67. The molecular formula is C35H35N7O5S2. The third-order valence-electron chi connectivity index (χ3n) is 7.36. The number of ether oxygens (including phenoxy) is 1. The van der Waals surface area contributed by atoms with E-state index in [1.807, 2.05) is 54.6 Å². The number of methoxy groups -OCH3 is 1. The topological polar surface area (TPSA) is 164 Å². The van der Waals surface area contributed by atoms with Gasteiger partial charge in [0.1, 0.15) is 5.75 Å². The van der Waals surface area contributed by atoms with E-state index in [2.05, 4.69) is 26.4 Å². The Hall–Kier alpha value is -5.60. The highest BCUT2D eigenvalue weighted by molar-refractivity contribution is 7.91. The third-order valence-corrected chi connectivity index (χ3v) is 9.61. The summed E-state index contributed by atoms with van der Waals surface area (Å²) in [6, 6.07) is 29.7. The Morgan fingerprint density at radius 2 is 1.14 bits per heavy atom. The highest BCUT2D eigenvalue weighted by Crippen LogP contribution is 2.36. The fourth-order valence-corrected chi connectivity index (χ4v) is 5.93. The minimum absolute atomic E-state index is 0.211. The van der Waals surface area contributed by atoms with Crippen LogP contribution in [0.15, 0.2) is 123 Å². The minimum Gasteiger partial charge on any atom is -0.497 e. The largest absolute Gasteiger partial charge is 0.497 e. The van der Waals surface area contributed by atoms with Gasteiger partial charge in [-0.15, -0.1) is 0 Å². The number of para-hydroxylation sites is 1. The van der Waals surface area contributed by atoms with Crippen molar-refractivity contribution >= 4 is 54.4 Å². The predicted octanol–water partition coefficient (Wildman–Crippen LogP) is 6.38. The van der Waals surface area contributed by atoms with E-state index in [0.717, 1.165) is 18.2 Å². The van der Waals surface area contributed by atoms with Crippen LogP contribution in [0.4, 0.5) is 23.3 Å². The molecule has 0 saturated heterocycles. The summed E-state index contributed by atoms with van der Waals surface area (Å²) in [5.41, 5.74) is 10.7. The quantitative estimate of drug-likeness (QED) is 0.0985. The van der Waals surface area contributed by atoms with Crippen molar-refractivity contribution in [1.29, 1.82) is 0 Å². The second kappa shape index (κ2) is 14.7. The minimum atomic E-state index is -3.35. The SMILES string of the molecule is COc1cccc(-c2c(NN=C(C)c3ccc(S(C)(=O)=O)cc3)nc(Nc3ccccc3)nc2NN=C(C)c2ccc(S(C)(=O)=O)cc2)c1. The zero-order valence-corrected chi connectivity index (χ0v) is 29.1. The van der Waals surface area contributed by atoms with Crippen LogP contribution in [-0.2, 0) is 19.7 Å². The van der Waals surface area contributed by atoms with Gasteiger partial charge < -0.3 is 10.1 Å². The number of hydrogen-bond donors (Lipinski definition) is 3. The van der Waals surface area contributed by atoms with Gasteiger partial charge in [0.15, 0.2) is 31.3 Å². The van der Waals surface area contributed by atoms with Crippen molar-refractivity contribution in [1.82, 2.24) is 9.97 Å². The van der Waals surface area contributed by atoms with Crippen LogP contribution >= 0.6 is 0 Å². The molecule has 0 amide bonds. The van der Waals surface area contributed by atoms with Crippen LogP contribution in [0, 0.1) is 0 Å². The molecular weight excluding hydrogens is 663 g/mol. The number of nitrogens with one attached hydrogen (secondary N) is 3. The number of hydrazone groups is 2. The highest BCUT2D eigenvalue weighted by Gasteiger charge is 2.19. The van der Waals surface area contributed by atoms with Crippen LogP contribution in [-0.4, -0.2) is 57.8 Å². The molecule has 252 valence electrons. The van der Waals surface area contributed by atoms with Gasteiger partial charge in [0.25, 0.3) is 0 Å². The van der Waals surface area contributed by atoms with Gasteiger partial charge in [-0.1, -0.05) is 54.6 Å². The summed E-state index contributed by atoms with van der Waals surface area (Å²) < 4.78 is 53.3. The molecule has 0 aliphatic rings. The molecule has 0 aliphatic carbocycles. The summed E-state index contributed by atoms with van der Waals surface area (Å²) in [5, 5.41) is 12.4. The van der Waals surface area contributed by atoms with Crippen LogP contribution < -0.4 is 20.9 Å². The van der Waals surface area contributed by atoms with Gasteiger partial charge in [0.05, 0.1) is 33.9 Å². The molecule has 0 radical (unpaired) electrons. The molecule has 4 aromatic carbocycles. The lowest BCUT2D eigenvalue weighted by molar-refractivity contribution is 0.415. The maximum atomic E-state index is 12.0. The third kappa shape index (κ3) is 8.86. The normalized spacial score (nSPS) is 12.3. The smallest absolute Gasteiger partial charge is 0.231 e. The Bertz CT molecular complexity index is 2130. The van der Waals surface area contributed by atoms with E-state index in [-0.39, 0.29) is 15.7 Å². The second-order valence-electron chi connectivity index (χ2n) is 11.1. The zero-order valence-electron chi connectivity index (χ0n) is 27.5. The van der Waals surface area contributed by atoms with Crippen molar-refractivity contribution in [3.63, 3.8) is 0 Å². The summed E-state index contributed by atoms with van der Waals surface area (Å²) in [7, 11) is -5.12. The molecule has 3 N–H and O–H groups in total. The highest BCUT2D eigenvalue weighted by atomic mass is 32.2. The van der Waals surface area contributed by atoms with Gasteiger partial charge >= 0.3 is 0 Å². The van der Waals surface area contributed by atoms with E-state index in [9.17, 15) is 16.8 Å². The monoisotopic (exact) mass is 697 g/mol. The molecule has 0 unspecified atom stereocenters.